The topological polar surface area (TPSA) is 52.7 Å². The van der Waals surface area contributed by atoms with Gasteiger partial charge in [0, 0.05) is 36.9 Å². The summed E-state index contributed by atoms with van der Waals surface area (Å²) in [6.07, 6.45) is 0.0968. The van der Waals surface area contributed by atoms with Crippen molar-refractivity contribution in [2.24, 2.45) is 0 Å². The highest BCUT2D eigenvalue weighted by molar-refractivity contribution is 6.30. The molecule has 6 heteroatoms. The van der Waals surface area contributed by atoms with Gasteiger partial charge in [-0.3, -0.25) is 14.5 Å². The summed E-state index contributed by atoms with van der Waals surface area (Å²) >= 11 is 5.93. The summed E-state index contributed by atoms with van der Waals surface area (Å²) in [6.45, 7) is 2.53. The normalized spacial score (nSPS) is 16.7. The van der Waals surface area contributed by atoms with Crippen LogP contribution in [0.25, 0.3) is 0 Å². The van der Waals surface area contributed by atoms with Crippen LogP contribution in [-0.4, -0.2) is 40.7 Å². The zero-order valence-electron chi connectivity index (χ0n) is 17.8. The van der Waals surface area contributed by atoms with Gasteiger partial charge in [-0.25, -0.2) is 0 Å². The van der Waals surface area contributed by atoms with Crippen LogP contribution in [0.1, 0.15) is 17.5 Å². The van der Waals surface area contributed by atoms with Gasteiger partial charge in [-0.05, 0) is 35.4 Å². The van der Waals surface area contributed by atoms with Crippen LogP contribution >= 0.6 is 11.6 Å². The molecule has 1 heterocycles. The third-order valence-corrected chi connectivity index (χ3v) is 5.90. The number of nitrogens with zero attached hydrogens (tertiary/aromatic N) is 2. The van der Waals surface area contributed by atoms with E-state index in [4.69, 9.17) is 11.6 Å². The molecule has 1 N–H and O–H groups in total. The van der Waals surface area contributed by atoms with E-state index in [-0.39, 0.29) is 18.2 Å². The van der Waals surface area contributed by atoms with Gasteiger partial charge < -0.3 is 10.2 Å². The van der Waals surface area contributed by atoms with Crippen molar-refractivity contribution in [2.45, 2.75) is 25.6 Å². The highest BCUT2D eigenvalue weighted by Gasteiger charge is 2.36. The van der Waals surface area contributed by atoms with Crippen molar-refractivity contribution in [3.63, 3.8) is 0 Å². The molecule has 0 aliphatic carbocycles. The first-order valence-corrected chi connectivity index (χ1v) is 11.1. The van der Waals surface area contributed by atoms with Crippen molar-refractivity contribution in [3.8, 4) is 0 Å². The minimum atomic E-state index is -0.514. The van der Waals surface area contributed by atoms with Crippen LogP contribution in [0.15, 0.2) is 84.9 Å². The Labute approximate surface area is 193 Å². The second-order valence-electron chi connectivity index (χ2n) is 7.98. The van der Waals surface area contributed by atoms with E-state index in [0.717, 1.165) is 11.1 Å². The molecule has 0 saturated carbocycles. The van der Waals surface area contributed by atoms with E-state index in [1.54, 1.807) is 24.3 Å². The number of carbonyl (C=O) groups excluding carboxylic acids is 2. The Morgan fingerprint density at radius 1 is 0.844 bits per heavy atom. The van der Waals surface area contributed by atoms with Crippen LogP contribution in [0.5, 0.6) is 0 Å². The van der Waals surface area contributed by atoms with Crippen molar-refractivity contribution >= 4 is 29.1 Å². The molecule has 0 spiro atoms. The van der Waals surface area contributed by atoms with Crippen LogP contribution in [-0.2, 0) is 22.7 Å². The number of hydrogen-bond donors (Lipinski definition) is 1. The zero-order chi connectivity index (χ0) is 22.3. The second-order valence-corrected chi connectivity index (χ2v) is 8.41. The number of rotatable bonds is 7. The smallest absolute Gasteiger partial charge is 0.240 e. The van der Waals surface area contributed by atoms with Gasteiger partial charge in [-0.1, -0.05) is 72.3 Å². The van der Waals surface area contributed by atoms with Gasteiger partial charge in [-0.2, -0.15) is 0 Å². The molecule has 1 aliphatic heterocycles. The number of benzene rings is 3. The SMILES string of the molecule is O=C(CC1C(=O)N(Cc2ccccc2)CCN1Cc1ccccc1)Nc1ccc(Cl)cc1. The molecule has 0 aromatic heterocycles. The lowest BCUT2D eigenvalue weighted by Gasteiger charge is -2.40. The Kier molecular flexibility index (Phi) is 7.20. The van der Waals surface area contributed by atoms with Crippen molar-refractivity contribution in [3.05, 3.63) is 101 Å². The van der Waals surface area contributed by atoms with Crippen LogP contribution < -0.4 is 5.32 Å². The highest BCUT2D eigenvalue weighted by Crippen LogP contribution is 2.21. The highest BCUT2D eigenvalue weighted by atomic mass is 35.5. The summed E-state index contributed by atoms with van der Waals surface area (Å²) in [5.41, 5.74) is 2.88. The Balaban J connectivity index is 1.49. The van der Waals surface area contributed by atoms with E-state index >= 15 is 0 Å². The number of nitrogens with one attached hydrogen (secondary N) is 1. The quantitative estimate of drug-likeness (QED) is 0.576. The molecule has 3 aromatic carbocycles. The lowest BCUT2D eigenvalue weighted by atomic mass is 10.0. The fraction of sp³-hybridized carbons (Fsp3) is 0.231. The minimum absolute atomic E-state index is 0.0118. The molecule has 4 rings (SSSR count). The Hall–Kier alpha value is -3.15. The summed E-state index contributed by atoms with van der Waals surface area (Å²) < 4.78 is 0. The van der Waals surface area contributed by atoms with E-state index in [1.165, 1.54) is 0 Å². The number of halogens is 1. The molecule has 0 bridgehead atoms. The van der Waals surface area contributed by atoms with Gasteiger partial charge in [0.25, 0.3) is 0 Å². The molecule has 1 saturated heterocycles. The standard InChI is InChI=1S/C26H26ClN3O2/c27-22-11-13-23(14-12-22)28-25(31)17-24-26(32)30(19-21-9-5-2-6-10-21)16-15-29(24)18-20-7-3-1-4-8-20/h1-14,24H,15-19H2,(H,28,31). The number of anilines is 1. The molecule has 0 radical (unpaired) electrons. The molecular weight excluding hydrogens is 422 g/mol. The number of amides is 2. The average molecular weight is 448 g/mol. The first kappa shape index (κ1) is 22.1. The van der Waals surface area contributed by atoms with Crippen molar-refractivity contribution < 1.29 is 9.59 Å². The van der Waals surface area contributed by atoms with E-state index in [0.29, 0.717) is 36.9 Å². The van der Waals surface area contributed by atoms with E-state index < -0.39 is 6.04 Å². The Morgan fingerprint density at radius 3 is 2.06 bits per heavy atom. The third kappa shape index (κ3) is 5.75. The Morgan fingerprint density at radius 2 is 1.44 bits per heavy atom. The largest absolute Gasteiger partial charge is 0.336 e. The molecule has 3 aromatic rings. The Bertz CT molecular complexity index is 1040. The maximum absolute atomic E-state index is 13.4. The predicted octanol–water partition coefficient (Wildman–Crippen LogP) is 4.58. The van der Waals surface area contributed by atoms with Gasteiger partial charge in [0.05, 0.1) is 12.5 Å². The lowest BCUT2D eigenvalue weighted by Crippen LogP contribution is -2.57. The maximum atomic E-state index is 13.4. The van der Waals surface area contributed by atoms with Crippen LogP contribution in [0, 0.1) is 0 Å². The van der Waals surface area contributed by atoms with Crippen molar-refractivity contribution in [1.29, 1.82) is 0 Å². The summed E-state index contributed by atoms with van der Waals surface area (Å²) in [5, 5.41) is 3.50. The summed E-state index contributed by atoms with van der Waals surface area (Å²) in [4.78, 5) is 30.3. The number of piperazine rings is 1. The summed E-state index contributed by atoms with van der Waals surface area (Å²) in [5.74, 6) is -0.201. The molecule has 1 atom stereocenters. The zero-order valence-corrected chi connectivity index (χ0v) is 18.5. The fourth-order valence-electron chi connectivity index (χ4n) is 3.99. The van der Waals surface area contributed by atoms with Crippen molar-refractivity contribution in [1.82, 2.24) is 9.80 Å². The van der Waals surface area contributed by atoms with Gasteiger partial charge >= 0.3 is 0 Å². The lowest BCUT2D eigenvalue weighted by molar-refractivity contribution is -0.145. The monoisotopic (exact) mass is 447 g/mol. The molecule has 5 nitrogen and oxygen atoms in total. The molecule has 164 valence electrons. The van der Waals surface area contributed by atoms with Gasteiger partial charge in [0.15, 0.2) is 0 Å². The first-order chi connectivity index (χ1) is 15.6. The van der Waals surface area contributed by atoms with E-state index in [1.807, 2.05) is 65.6 Å². The third-order valence-electron chi connectivity index (χ3n) is 5.65. The van der Waals surface area contributed by atoms with Gasteiger partial charge in [-0.15, -0.1) is 0 Å². The van der Waals surface area contributed by atoms with Gasteiger partial charge in [0.2, 0.25) is 11.8 Å². The molecule has 1 aliphatic rings. The van der Waals surface area contributed by atoms with Crippen LogP contribution in [0.2, 0.25) is 5.02 Å². The maximum Gasteiger partial charge on any atom is 0.240 e. The molecule has 2 amide bonds. The summed E-state index contributed by atoms with van der Waals surface area (Å²) in [6, 6.07) is 26.5. The van der Waals surface area contributed by atoms with Gasteiger partial charge in [0.1, 0.15) is 0 Å². The molecule has 32 heavy (non-hydrogen) atoms. The van der Waals surface area contributed by atoms with Crippen LogP contribution in [0.4, 0.5) is 5.69 Å². The number of hydrogen-bond acceptors (Lipinski definition) is 3. The molecular formula is C26H26ClN3O2. The predicted molar refractivity (Wildman–Crippen MR) is 127 cm³/mol. The molecule has 1 unspecified atom stereocenters. The van der Waals surface area contributed by atoms with E-state index in [9.17, 15) is 9.59 Å². The average Bonchev–Trinajstić information content (AvgIpc) is 2.81. The summed E-state index contributed by atoms with van der Waals surface area (Å²) in [7, 11) is 0. The van der Waals surface area contributed by atoms with Crippen LogP contribution in [0.3, 0.4) is 0 Å². The van der Waals surface area contributed by atoms with E-state index in [2.05, 4.69) is 10.2 Å². The fourth-order valence-corrected chi connectivity index (χ4v) is 4.11. The number of carbonyl (C=O) groups is 2. The minimum Gasteiger partial charge on any atom is -0.336 e. The van der Waals surface area contributed by atoms with Crippen molar-refractivity contribution in [2.75, 3.05) is 18.4 Å². The second kappa shape index (κ2) is 10.4. The first-order valence-electron chi connectivity index (χ1n) is 10.7. The molecule has 1 fully saturated rings.